The van der Waals surface area contributed by atoms with Gasteiger partial charge in [-0.15, -0.1) is 0 Å². The number of rotatable bonds is 6. The Bertz CT molecular complexity index is 1050. The SMILES string of the molecule is Cc1cc(=O)oc2c3c(cc(OCC(=O)N[C@@H](C(=O)O)C(C)C)c12)OC(C)(C)CC3. The van der Waals surface area contributed by atoms with E-state index >= 15 is 0 Å². The van der Waals surface area contributed by atoms with E-state index in [1.54, 1.807) is 26.8 Å². The number of fused-ring (bicyclic) bond motifs is 3. The van der Waals surface area contributed by atoms with Crippen LogP contribution in [0.2, 0.25) is 0 Å². The molecule has 2 heterocycles. The van der Waals surface area contributed by atoms with E-state index in [9.17, 15) is 19.5 Å². The van der Waals surface area contributed by atoms with Gasteiger partial charge in [-0.05, 0) is 45.1 Å². The Balaban J connectivity index is 1.95. The molecule has 2 N–H and O–H groups in total. The highest BCUT2D eigenvalue weighted by Crippen LogP contribution is 2.42. The van der Waals surface area contributed by atoms with Crippen molar-refractivity contribution in [1.29, 1.82) is 0 Å². The number of nitrogens with one attached hydrogen (secondary N) is 1. The fourth-order valence-corrected chi connectivity index (χ4v) is 3.61. The Morgan fingerprint density at radius 2 is 2.00 bits per heavy atom. The van der Waals surface area contributed by atoms with Crippen molar-refractivity contribution < 1.29 is 28.6 Å². The molecule has 3 rings (SSSR count). The van der Waals surface area contributed by atoms with Crippen molar-refractivity contribution in [2.75, 3.05) is 6.61 Å². The van der Waals surface area contributed by atoms with Crippen molar-refractivity contribution in [3.8, 4) is 11.5 Å². The molecule has 0 unspecified atom stereocenters. The van der Waals surface area contributed by atoms with Crippen molar-refractivity contribution in [2.24, 2.45) is 5.92 Å². The molecule has 30 heavy (non-hydrogen) atoms. The third-order valence-electron chi connectivity index (χ3n) is 5.21. The number of benzene rings is 1. The summed E-state index contributed by atoms with van der Waals surface area (Å²) in [6.45, 7) is 8.75. The summed E-state index contributed by atoms with van der Waals surface area (Å²) in [5.41, 5.74) is 1.01. The average Bonchev–Trinajstić information content (AvgIpc) is 2.62. The minimum Gasteiger partial charge on any atom is -0.487 e. The molecule has 1 aliphatic rings. The van der Waals surface area contributed by atoms with Crippen LogP contribution in [0.4, 0.5) is 0 Å². The fourth-order valence-electron chi connectivity index (χ4n) is 3.61. The third kappa shape index (κ3) is 4.42. The maximum atomic E-state index is 12.3. The van der Waals surface area contributed by atoms with E-state index in [0.717, 1.165) is 12.0 Å². The highest BCUT2D eigenvalue weighted by atomic mass is 16.5. The second-order valence-corrected chi connectivity index (χ2v) is 8.58. The standard InChI is InChI=1S/C22H27NO7/c1-11(2)19(21(26)27)23-16(24)10-28-15-9-14-13(6-7-22(4,5)30-14)20-18(15)12(3)8-17(25)29-20/h8-9,11,19H,6-7,10H2,1-5H3,(H,23,24)(H,26,27)/t19-/m1/s1. The Kier molecular flexibility index (Phi) is 5.78. The highest BCUT2D eigenvalue weighted by molar-refractivity contribution is 5.92. The van der Waals surface area contributed by atoms with E-state index in [4.69, 9.17) is 13.9 Å². The first-order valence-electron chi connectivity index (χ1n) is 9.93. The topological polar surface area (TPSA) is 115 Å². The van der Waals surface area contributed by atoms with Crippen LogP contribution < -0.4 is 20.4 Å². The molecule has 8 nitrogen and oxygen atoms in total. The molecule has 1 atom stereocenters. The van der Waals surface area contributed by atoms with Gasteiger partial charge in [0.05, 0.1) is 5.39 Å². The first-order chi connectivity index (χ1) is 14.0. The van der Waals surface area contributed by atoms with Gasteiger partial charge in [-0.2, -0.15) is 0 Å². The summed E-state index contributed by atoms with van der Waals surface area (Å²) in [6, 6.07) is 2.06. The Morgan fingerprint density at radius 1 is 1.30 bits per heavy atom. The van der Waals surface area contributed by atoms with Crippen LogP contribution in [0.1, 0.15) is 45.2 Å². The Labute approximate surface area is 174 Å². The number of carboxylic acid groups (broad SMARTS) is 1. The maximum absolute atomic E-state index is 12.3. The van der Waals surface area contributed by atoms with Crippen LogP contribution in [0.3, 0.4) is 0 Å². The molecule has 0 saturated carbocycles. The van der Waals surface area contributed by atoms with Crippen LogP contribution in [0.25, 0.3) is 11.0 Å². The number of hydrogen-bond donors (Lipinski definition) is 2. The molecule has 0 saturated heterocycles. The summed E-state index contributed by atoms with van der Waals surface area (Å²) in [6.07, 6.45) is 1.45. The molecular weight excluding hydrogens is 390 g/mol. The lowest BCUT2D eigenvalue weighted by Crippen LogP contribution is -2.46. The van der Waals surface area contributed by atoms with Crippen molar-refractivity contribution >= 4 is 22.8 Å². The minimum atomic E-state index is -1.11. The second-order valence-electron chi connectivity index (χ2n) is 8.58. The summed E-state index contributed by atoms with van der Waals surface area (Å²) >= 11 is 0. The van der Waals surface area contributed by atoms with E-state index in [0.29, 0.717) is 34.5 Å². The molecule has 0 fully saturated rings. The molecule has 0 aliphatic carbocycles. The summed E-state index contributed by atoms with van der Waals surface area (Å²) in [5.74, 6) is -1.05. The van der Waals surface area contributed by atoms with Gasteiger partial charge in [-0.3, -0.25) is 4.79 Å². The van der Waals surface area contributed by atoms with Crippen LogP contribution >= 0.6 is 0 Å². The molecule has 8 heteroatoms. The van der Waals surface area contributed by atoms with Crippen molar-refractivity contribution in [2.45, 2.75) is 59.1 Å². The maximum Gasteiger partial charge on any atom is 0.336 e. The summed E-state index contributed by atoms with van der Waals surface area (Å²) < 4.78 is 17.3. The van der Waals surface area contributed by atoms with E-state index in [2.05, 4.69) is 5.32 Å². The molecule has 0 radical (unpaired) electrons. The Morgan fingerprint density at radius 3 is 2.63 bits per heavy atom. The lowest BCUT2D eigenvalue weighted by Gasteiger charge is -2.33. The number of aliphatic carboxylic acids is 1. The molecule has 0 bridgehead atoms. The normalized spacial score (nSPS) is 15.9. The number of amides is 1. The summed E-state index contributed by atoms with van der Waals surface area (Å²) in [4.78, 5) is 35.6. The van der Waals surface area contributed by atoms with Crippen molar-refractivity contribution in [3.63, 3.8) is 0 Å². The molecule has 0 spiro atoms. The number of carboxylic acids is 1. The molecule has 2 aromatic rings. The van der Waals surface area contributed by atoms with Gasteiger partial charge in [0.1, 0.15) is 28.7 Å². The smallest absolute Gasteiger partial charge is 0.336 e. The lowest BCUT2D eigenvalue weighted by atomic mass is 9.92. The van der Waals surface area contributed by atoms with Crippen molar-refractivity contribution in [1.82, 2.24) is 5.32 Å². The van der Waals surface area contributed by atoms with Crippen LogP contribution in [-0.2, 0) is 16.0 Å². The third-order valence-corrected chi connectivity index (χ3v) is 5.21. The van der Waals surface area contributed by atoms with Crippen LogP contribution in [0.15, 0.2) is 21.3 Å². The number of carbonyl (C=O) groups excluding carboxylic acids is 1. The van der Waals surface area contributed by atoms with Gasteiger partial charge in [-0.25, -0.2) is 9.59 Å². The van der Waals surface area contributed by atoms with Gasteiger partial charge in [0, 0.05) is 17.7 Å². The largest absolute Gasteiger partial charge is 0.487 e. The lowest BCUT2D eigenvalue weighted by molar-refractivity contribution is -0.143. The van der Waals surface area contributed by atoms with Gasteiger partial charge in [0.15, 0.2) is 6.61 Å². The molecule has 1 aromatic heterocycles. The van der Waals surface area contributed by atoms with Crippen molar-refractivity contribution in [3.05, 3.63) is 33.7 Å². The zero-order valence-corrected chi connectivity index (χ0v) is 17.8. The summed E-state index contributed by atoms with van der Waals surface area (Å²) in [7, 11) is 0. The Hall–Kier alpha value is -3.03. The van der Waals surface area contributed by atoms with Crippen LogP contribution in [0.5, 0.6) is 11.5 Å². The van der Waals surface area contributed by atoms with E-state index < -0.39 is 23.5 Å². The molecule has 1 amide bonds. The average molecular weight is 417 g/mol. The number of aryl methyl sites for hydroxylation is 2. The molecular formula is C22H27NO7. The first-order valence-corrected chi connectivity index (χ1v) is 9.93. The minimum absolute atomic E-state index is 0.275. The van der Waals surface area contributed by atoms with Gasteiger partial charge < -0.3 is 24.3 Å². The number of carbonyl (C=O) groups is 2. The van der Waals surface area contributed by atoms with Gasteiger partial charge >= 0.3 is 11.6 Å². The number of ether oxygens (including phenoxy) is 2. The first kappa shape index (κ1) is 21.7. The molecule has 1 aliphatic heterocycles. The quantitative estimate of drug-likeness (QED) is 0.695. The zero-order valence-electron chi connectivity index (χ0n) is 17.8. The predicted molar refractivity (Wildman–Crippen MR) is 110 cm³/mol. The van der Waals surface area contributed by atoms with E-state index in [1.807, 2.05) is 13.8 Å². The summed E-state index contributed by atoms with van der Waals surface area (Å²) in [5, 5.41) is 12.3. The van der Waals surface area contributed by atoms with Crippen LogP contribution in [-0.4, -0.2) is 35.2 Å². The van der Waals surface area contributed by atoms with E-state index in [1.165, 1.54) is 6.07 Å². The van der Waals surface area contributed by atoms with E-state index in [-0.39, 0.29) is 18.1 Å². The van der Waals surface area contributed by atoms with Gasteiger partial charge in [0.2, 0.25) is 0 Å². The van der Waals surface area contributed by atoms with Crippen LogP contribution in [0, 0.1) is 12.8 Å². The monoisotopic (exact) mass is 417 g/mol. The number of hydrogen-bond acceptors (Lipinski definition) is 6. The fraction of sp³-hybridized carbons (Fsp3) is 0.500. The zero-order chi connectivity index (χ0) is 22.2. The van der Waals surface area contributed by atoms with Gasteiger partial charge in [-0.1, -0.05) is 13.8 Å². The molecule has 1 aromatic carbocycles. The molecule has 162 valence electrons. The predicted octanol–water partition coefficient (Wildman–Crippen LogP) is 2.81. The highest BCUT2D eigenvalue weighted by Gasteiger charge is 2.31. The second kappa shape index (κ2) is 8.01. The van der Waals surface area contributed by atoms with Gasteiger partial charge in [0.25, 0.3) is 5.91 Å².